The molecule has 1 aromatic carbocycles. The van der Waals surface area contributed by atoms with E-state index >= 15 is 0 Å². The van der Waals surface area contributed by atoms with Crippen LogP contribution in [0.25, 0.3) is 0 Å². The van der Waals surface area contributed by atoms with E-state index in [1.807, 2.05) is 12.1 Å². The molecule has 1 aliphatic carbocycles. The Balaban J connectivity index is 2.00. The number of benzene rings is 1. The fourth-order valence-electron chi connectivity index (χ4n) is 1.76. The molecular formula is C11H12ClNO2. The van der Waals surface area contributed by atoms with Crippen molar-refractivity contribution >= 4 is 23.3 Å². The van der Waals surface area contributed by atoms with Crippen LogP contribution in [0.2, 0.25) is 5.02 Å². The van der Waals surface area contributed by atoms with Crippen LogP contribution in [0.5, 0.6) is 0 Å². The van der Waals surface area contributed by atoms with Crippen molar-refractivity contribution in [1.82, 2.24) is 0 Å². The molecule has 1 fully saturated rings. The predicted molar refractivity (Wildman–Crippen MR) is 59.2 cm³/mol. The van der Waals surface area contributed by atoms with E-state index in [0.717, 1.165) is 18.5 Å². The first-order valence-corrected chi connectivity index (χ1v) is 5.29. The van der Waals surface area contributed by atoms with Gasteiger partial charge in [0.2, 0.25) is 0 Å². The first kappa shape index (κ1) is 10.3. The smallest absolute Gasteiger partial charge is 0.308 e. The van der Waals surface area contributed by atoms with Gasteiger partial charge in [-0.2, -0.15) is 0 Å². The Morgan fingerprint density at radius 1 is 1.47 bits per heavy atom. The number of carboxylic acid groups (broad SMARTS) is 1. The summed E-state index contributed by atoms with van der Waals surface area (Å²) >= 11 is 5.83. The lowest BCUT2D eigenvalue weighted by molar-refractivity contribution is -0.144. The monoisotopic (exact) mass is 225 g/mol. The summed E-state index contributed by atoms with van der Waals surface area (Å²) in [4.78, 5) is 10.8. The summed E-state index contributed by atoms with van der Waals surface area (Å²) in [6.45, 7) is 0. The number of carboxylic acids is 1. The standard InChI is InChI=1S/C11H12ClNO2/c12-7-2-1-3-8(6-7)13-10-5-4-9(10)11(14)15/h1-3,6,9-10,13H,4-5H2,(H,14,15). The van der Waals surface area contributed by atoms with Crippen LogP contribution in [0, 0.1) is 5.92 Å². The Kier molecular flexibility index (Phi) is 2.82. The summed E-state index contributed by atoms with van der Waals surface area (Å²) in [6.07, 6.45) is 1.66. The maximum atomic E-state index is 10.8. The largest absolute Gasteiger partial charge is 0.481 e. The second-order valence-electron chi connectivity index (χ2n) is 3.78. The Bertz CT molecular complexity index is 381. The quantitative estimate of drug-likeness (QED) is 0.832. The Morgan fingerprint density at radius 3 is 2.80 bits per heavy atom. The minimum Gasteiger partial charge on any atom is -0.481 e. The van der Waals surface area contributed by atoms with Gasteiger partial charge >= 0.3 is 5.97 Å². The lowest BCUT2D eigenvalue weighted by atomic mass is 9.79. The minimum atomic E-state index is -0.722. The van der Waals surface area contributed by atoms with E-state index in [0.29, 0.717) is 5.02 Å². The van der Waals surface area contributed by atoms with Gasteiger partial charge in [0.05, 0.1) is 5.92 Å². The molecule has 0 saturated heterocycles. The van der Waals surface area contributed by atoms with Gasteiger partial charge in [-0.1, -0.05) is 17.7 Å². The third-order valence-electron chi connectivity index (χ3n) is 2.77. The summed E-state index contributed by atoms with van der Waals surface area (Å²) in [6, 6.07) is 7.38. The number of halogens is 1. The van der Waals surface area contributed by atoms with E-state index in [1.165, 1.54) is 0 Å². The van der Waals surface area contributed by atoms with Crippen molar-refractivity contribution in [2.75, 3.05) is 5.32 Å². The molecule has 2 atom stereocenters. The molecule has 3 nitrogen and oxygen atoms in total. The SMILES string of the molecule is O=C(O)C1CCC1Nc1cccc(Cl)c1. The van der Waals surface area contributed by atoms with E-state index in [-0.39, 0.29) is 12.0 Å². The molecule has 4 heteroatoms. The van der Waals surface area contributed by atoms with Crippen LogP contribution in [-0.4, -0.2) is 17.1 Å². The molecular weight excluding hydrogens is 214 g/mol. The maximum Gasteiger partial charge on any atom is 0.308 e. The summed E-state index contributed by atoms with van der Waals surface area (Å²) < 4.78 is 0. The van der Waals surface area contributed by atoms with Gasteiger partial charge < -0.3 is 10.4 Å². The molecule has 2 unspecified atom stereocenters. The van der Waals surface area contributed by atoms with Crippen molar-refractivity contribution in [3.63, 3.8) is 0 Å². The van der Waals surface area contributed by atoms with Gasteiger partial charge in [-0.15, -0.1) is 0 Å². The van der Waals surface area contributed by atoms with Gasteiger partial charge in [-0.25, -0.2) is 0 Å². The molecule has 0 spiro atoms. The van der Waals surface area contributed by atoms with Gasteiger partial charge in [0, 0.05) is 16.8 Å². The average Bonchev–Trinajstić information content (AvgIpc) is 2.11. The third-order valence-corrected chi connectivity index (χ3v) is 3.00. The summed E-state index contributed by atoms with van der Waals surface area (Å²) in [5, 5.41) is 12.7. The van der Waals surface area contributed by atoms with Crippen LogP contribution in [-0.2, 0) is 4.79 Å². The number of rotatable bonds is 3. The molecule has 0 amide bonds. The molecule has 1 saturated carbocycles. The van der Waals surface area contributed by atoms with Crippen molar-refractivity contribution in [3.8, 4) is 0 Å². The van der Waals surface area contributed by atoms with Crippen molar-refractivity contribution < 1.29 is 9.90 Å². The molecule has 0 aliphatic heterocycles. The number of hydrogen-bond donors (Lipinski definition) is 2. The van der Waals surface area contributed by atoms with Crippen LogP contribution in [0.1, 0.15) is 12.8 Å². The van der Waals surface area contributed by atoms with Gasteiger partial charge in [0.1, 0.15) is 0 Å². The lowest BCUT2D eigenvalue weighted by Crippen LogP contribution is -2.42. The van der Waals surface area contributed by atoms with E-state index in [2.05, 4.69) is 5.32 Å². The van der Waals surface area contributed by atoms with Gasteiger partial charge in [0.25, 0.3) is 0 Å². The summed E-state index contributed by atoms with van der Waals surface area (Å²) in [5.74, 6) is -0.982. The molecule has 80 valence electrons. The Labute approximate surface area is 93.1 Å². The van der Waals surface area contributed by atoms with Gasteiger partial charge in [-0.3, -0.25) is 4.79 Å². The molecule has 2 rings (SSSR count). The molecule has 1 aliphatic rings. The topological polar surface area (TPSA) is 49.3 Å². The number of nitrogens with one attached hydrogen (secondary N) is 1. The third kappa shape index (κ3) is 2.23. The minimum absolute atomic E-state index is 0.0426. The second kappa shape index (κ2) is 4.11. The number of anilines is 1. The van der Waals surface area contributed by atoms with Gasteiger partial charge in [0.15, 0.2) is 0 Å². The fraction of sp³-hybridized carbons (Fsp3) is 0.364. The highest BCUT2D eigenvalue weighted by molar-refractivity contribution is 6.30. The molecule has 0 heterocycles. The highest BCUT2D eigenvalue weighted by atomic mass is 35.5. The van der Waals surface area contributed by atoms with Crippen LogP contribution in [0.15, 0.2) is 24.3 Å². The average molecular weight is 226 g/mol. The molecule has 1 aromatic rings. The number of carbonyl (C=O) groups is 1. The van der Waals surface area contributed by atoms with Crippen molar-refractivity contribution in [3.05, 3.63) is 29.3 Å². The van der Waals surface area contributed by atoms with Crippen LogP contribution < -0.4 is 5.32 Å². The zero-order valence-electron chi connectivity index (χ0n) is 8.11. The highest BCUT2D eigenvalue weighted by Crippen LogP contribution is 2.31. The summed E-state index contributed by atoms with van der Waals surface area (Å²) in [5.41, 5.74) is 0.887. The predicted octanol–water partition coefficient (Wildman–Crippen LogP) is 2.62. The van der Waals surface area contributed by atoms with Crippen LogP contribution in [0.3, 0.4) is 0 Å². The molecule has 0 aromatic heterocycles. The molecule has 0 bridgehead atoms. The number of aliphatic carboxylic acids is 1. The lowest BCUT2D eigenvalue weighted by Gasteiger charge is -2.34. The van der Waals surface area contributed by atoms with E-state index in [4.69, 9.17) is 16.7 Å². The molecule has 2 N–H and O–H groups in total. The first-order valence-electron chi connectivity index (χ1n) is 4.92. The van der Waals surface area contributed by atoms with Crippen molar-refractivity contribution in [2.24, 2.45) is 5.92 Å². The Morgan fingerprint density at radius 2 is 2.27 bits per heavy atom. The first-order chi connectivity index (χ1) is 7.16. The van der Waals surface area contributed by atoms with Crippen molar-refractivity contribution in [1.29, 1.82) is 0 Å². The fourth-order valence-corrected chi connectivity index (χ4v) is 1.95. The summed E-state index contributed by atoms with van der Waals surface area (Å²) in [7, 11) is 0. The van der Waals surface area contributed by atoms with E-state index < -0.39 is 5.97 Å². The van der Waals surface area contributed by atoms with Crippen LogP contribution in [0.4, 0.5) is 5.69 Å². The van der Waals surface area contributed by atoms with Crippen molar-refractivity contribution in [2.45, 2.75) is 18.9 Å². The van der Waals surface area contributed by atoms with Crippen LogP contribution >= 0.6 is 11.6 Å². The highest BCUT2D eigenvalue weighted by Gasteiger charge is 2.36. The maximum absolute atomic E-state index is 10.8. The van der Waals surface area contributed by atoms with Gasteiger partial charge in [-0.05, 0) is 31.0 Å². The normalized spacial score (nSPS) is 24.3. The van der Waals surface area contributed by atoms with E-state index in [9.17, 15) is 4.79 Å². The Hall–Kier alpha value is -1.22. The molecule has 0 radical (unpaired) electrons. The van der Waals surface area contributed by atoms with E-state index in [1.54, 1.807) is 12.1 Å². The zero-order valence-corrected chi connectivity index (χ0v) is 8.87. The number of hydrogen-bond acceptors (Lipinski definition) is 2. The second-order valence-corrected chi connectivity index (χ2v) is 4.22. The molecule has 15 heavy (non-hydrogen) atoms. The zero-order chi connectivity index (χ0) is 10.8.